The lowest BCUT2D eigenvalue weighted by Crippen LogP contribution is -2.38. The molecule has 0 spiro atoms. The minimum Gasteiger partial charge on any atom is -0.485 e. The first-order chi connectivity index (χ1) is 12.4. The molecule has 1 aromatic rings. The lowest BCUT2D eigenvalue weighted by atomic mass is 9.88. The van der Waals surface area contributed by atoms with Gasteiger partial charge in [-0.15, -0.1) is 0 Å². The number of ether oxygens (including phenoxy) is 3. The number of hydrogen-bond acceptors (Lipinski definition) is 6. The normalized spacial score (nSPS) is 21.0. The Balaban J connectivity index is 1.82. The number of fused-ring (bicyclic) bond motifs is 1. The van der Waals surface area contributed by atoms with Crippen molar-refractivity contribution >= 4 is 23.3 Å². The summed E-state index contributed by atoms with van der Waals surface area (Å²) in [7, 11) is 1.32. The smallest absolute Gasteiger partial charge is 0.350 e. The number of likely N-dealkylation sites (tertiary alicyclic amines) is 1. The maximum atomic E-state index is 11.8. The molecule has 1 atom stereocenters. The number of benzene rings is 1. The van der Waals surface area contributed by atoms with E-state index in [0.717, 1.165) is 38.0 Å². The van der Waals surface area contributed by atoms with E-state index in [1.807, 2.05) is 6.07 Å². The van der Waals surface area contributed by atoms with Crippen molar-refractivity contribution in [1.29, 1.82) is 0 Å². The average Bonchev–Trinajstić information content (AvgIpc) is 2.64. The highest BCUT2D eigenvalue weighted by atomic mass is 35.5. The summed E-state index contributed by atoms with van der Waals surface area (Å²) in [5, 5.41) is 0.428. The zero-order valence-electron chi connectivity index (χ0n) is 15.6. The Labute approximate surface area is 159 Å². The monoisotopic (exact) mass is 382 g/mol. The van der Waals surface area contributed by atoms with Gasteiger partial charge in [-0.25, -0.2) is 4.79 Å². The minimum atomic E-state index is -0.825. The zero-order valence-corrected chi connectivity index (χ0v) is 16.3. The van der Waals surface area contributed by atoms with E-state index in [1.54, 1.807) is 0 Å². The molecule has 2 heterocycles. The Bertz CT molecular complexity index is 672. The molecular formula is C19H27ClN2O4. The van der Waals surface area contributed by atoms with E-state index in [-0.39, 0.29) is 6.61 Å². The fourth-order valence-corrected chi connectivity index (χ4v) is 3.94. The summed E-state index contributed by atoms with van der Waals surface area (Å²) in [5.74, 6) is 1.49. The number of hydrogen-bond donors (Lipinski definition) is 1. The van der Waals surface area contributed by atoms with Crippen molar-refractivity contribution < 1.29 is 19.0 Å². The number of methoxy groups -OCH3 is 1. The molecule has 7 heteroatoms. The van der Waals surface area contributed by atoms with Crippen LogP contribution in [0.15, 0.2) is 6.07 Å². The lowest BCUT2D eigenvalue weighted by molar-refractivity contribution is -0.151. The van der Waals surface area contributed by atoms with Crippen molar-refractivity contribution in [1.82, 2.24) is 4.90 Å². The van der Waals surface area contributed by atoms with Crippen molar-refractivity contribution in [2.75, 3.05) is 39.1 Å². The Kier molecular flexibility index (Phi) is 5.82. The molecule has 26 heavy (non-hydrogen) atoms. The van der Waals surface area contributed by atoms with Crippen molar-refractivity contribution in [3.05, 3.63) is 16.7 Å². The summed E-state index contributed by atoms with van der Waals surface area (Å²) in [4.78, 5) is 14.3. The number of anilines is 1. The first-order valence-corrected chi connectivity index (χ1v) is 9.50. The van der Waals surface area contributed by atoms with E-state index in [2.05, 4.69) is 18.7 Å². The number of nitrogens with two attached hydrogens (primary N) is 1. The van der Waals surface area contributed by atoms with Crippen LogP contribution < -0.4 is 15.2 Å². The maximum Gasteiger partial charge on any atom is 0.350 e. The number of esters is 1. The third kappa shape index (κ3) is 3.86. The summed E-state index contributed by atoms with van der Waals surface area (Å²) in [6.45, 7) is 7.81. The summed E-state index contributed by atoms with van der Waals surface area (Å²) in [6, 6.07) is 1.89. The van der Waals surface area contributed by atoms with E-state index in [0.29, 0.717) is 34.0 Å². The van der Waals surface area contributed by atoms with Crippen LogP contribution in [0.4, 0.5) is 5.69 Å². The van der Waals surface area contributed by atoms with Gasteiger partial charge >= 0.3 is 5.97 Å². The number of piperidine rings is 1. The van der Waals surface area contributed by atoms with Crippen LogP contribution in [-0.4, -0.2) is 50.3 Å². The van der Waals surface area contributed by atoms with Crippen LogP contribution in [0, 0.1) is 5.92 Å². The first kappa shape index (κ1) is 19.1. The van der Waals surface area contributed by atoms with E-state index >= 15 is 0 Å². The minimum absolute atomic E-state index is 0.111. The quantitative estimate of drug-likeness (QED) is 0.637. The Morgan fingerprint density at radius 3 is 2.69 bits per heavy atom. The highest BCUT2D eigenvalue weighted by molar-refractivity contribution is 6.33. The molecule has 0 aromatic heterocycles. The molecule has 1 aromatic carbocycles. The number of rotatable bonds is 4. The molecule has 0 aliphatic carbocycles. The second-order valence-electron chi connectivity index (χ2n) is 7.43. The van der Waals surface area contributed by atoms with Gasteiger partial charge in [-0.05, 0) is 43.8 Å². The predicted octanol–water partition coefficient (Wildman–Crippen LogP) is 3.07. The fourth-order valence-electron chi connectivity index (χ4n) is 3.74. The molecule has 144 valence electrons. The van der Waals surface area contributed by atoms with Gasteiger partial charge in [0.25, 0.3) is 0 Å². The molecule has 0 bridgehead atoms. The summed E-state index contributed by atoms with van der Waals surface area (Å²) >= 11 is 6.34. The Hall–Kier alpha value is -1.66. The van der Waals surface area contributed by atoms with E-state index < -0.39 is 12.1 Å². The van der Waals surface area contributed by atoms with Gasteiger partial charge in [0.2, 0.25) is 6.10 Å². The molecule has 1 fully saturated rings. The first-order valence-electron chi connectivity index (χ1n) is 9.12. The van der Waals surface area contributed by atoms with Crippen LogP contribution in [0.2, 0.25) is 5.02 Å². The molecule has 2 N–H and O–H groups in total. The Morgan fingerprint density at radius 1 is 1.38 bits per heavy atom. The van der Waals surface area contributed by atoms with Gasteiger partial charge in [0, 0.05) is 12.1 Å². The van der Waals surface area contributed by atoms with Gasteiger partial charge in [0.1, 0.15) is 6.61 Å². The van der Waals surface area contributed by atoms with Gasteiger partial charge in [-0.3, -0.25) is 0 Å². The van der Waals surface area contributed by atoms with Crippen LogP contribution in [0.3, 0.4) is 0 Å². The molecule has 0 radical (unpaired) electrons. The van der Waals surface area contributed by atoms with Gasteiger partial charge in [-0.1, -0.05) is 25.4 Å². The summed E-state index contributed by atoms with van der Waals surface area (Å²) in [5.41, 5.74) is 7.41. The van der Waals surface area contributed by atoms with Crippen molar-refractivity contribution in [2.45, 2.75) is 38.7 Å². The van der Waals surface area contributed by atoms with Gasteiger partial charge in [0.15, 0.2) is 11.5 Å². The molecule has 2 aliphatic rings. The van der Waals surface area contributed by atoms with Crippen LogP contribution in [0.5, 0.6) is 11.5 Å². The molecule has 0 amide bonds. The van der Waals surface area contributed by atoms with Crippen molar-refractivity contribution in [2.24, 2.45) is 5.92 Å². The average molecular weight is 383 g/mol. The standard InChI is InChI=1S/C19H27ClN2O4/c1-11(2)9-22-6-4-12(5-7-22)13-8-14(20)16(21)18-17(13)25-10-15(26-18)19(23)24-3/h8,11-12,15H,4-7,9-10,21H2,1-3H3. The molecule has 6 nitrogen and oxygen atoms in total. The molecule has 0 saturated carbocycles. The lowest BCUT2D eigenvalue weighted by Gasteiger charge is -2.35. The van der Waals surface area contributed by atoms with Gasteiger partial charge in [-0.2, -0.15) is 0 Å². The van der Waals surface area contributed by atoms with Crippen LogP contribution in [0.25, 0.3) is 0 Å². The number of nitrogen functional groups attached to an aromatic ring is 1. The number of carbonyl (C=O) groups is 1. The Morgan fingerprint density at radius 2 is 2.08 bits per heavy atom. The number of nitrogens with zero attached hydrogens (tertiary/aromatic N) is 1. The van der Waals surface area contributed by atoms with Crippen molar-refractivity contribution in [3.8, 4) is 11.5 Å². The highest BCUT2D eigenvalue weighted by Crippen LogP contribution is 2.48. The summed E-state index contributed by atoms with van der Waals surface area (Å²) in [6.07, 6.45) is 1.24. The largest absolute Gasteiger partial charge is 0.485 e. The highest BCUT2D eigenvalue weighted by Gasteiger charge is 2.34. The van der Waals surface area contributed by atoms with Crippen LogP contribution in [-0.2, 0) is 9.53 Å². The van der Waals surface area contributed by atoms with Gasteiger partial charge < -0.3 is 24.8 Å². The van der Waals surface area contributed by atoms with Crippen LogP contribution in [0.1, 0.15) is 38.2 Å². The molecular weight excluding hydrogens is 356 g/mol. The van der Waals surface area contributed by atoms with E-state index in [1.165, 1.54) is 7.11 Å². The fraction of sp³-hybridized carbons (Fsp3) is 0.632. The van der Waals surface area contributed by atoms with Gasteiger partial charge in [0.05, 0.1) is 17.8 Å². The zero-order chi connectivity index (χ0) is 18.8. The van der Waals surface area contributed by atoms with E-state index in [4.69, 9.17) is 31.5 Å². The third-order valence-corrected chi connectivity index (χ3v) is 5.32. The molecule has 2 aliphatic heterocycles. The molecule has 3 rings (SSSR count). The summed E-state index contributed by atoms with van der Waals surface area (Å²) < 4.78 is 16.4. The maximum absolute atomic E-state index is 11.8. The topological polar surface area (TPSA) is 74.0 Å². The second kappa shape index (κ2) is 7.92. The van der Waals surface area contributed by atoms with Crippen molar-refractivity contribution in [3.63, 3.8) is 0 Å². The number of halogens is 1. The molecule has 1 saturated heterocycles. The third-order valence-electron chi connectivity index (χ3n) is 5.01. The predicted molar refractivity (Wildman–Crippen MR) is 101 cm³/mol. The second-order valence-corrected chi connectivity index (χ2v) is 7.84. The van der Waals surface area contributed by atoms with Crippen LogP contribution >= 0.6 is 11.6 Å². The molecule has 1 unspecified atom stereocenters. The van der Waals surface area contributed by atoms with E-state index in [9.17, 15) is 4.79 Å². The number of carbonyl (C=O) groups excluding carboxylic acids is 1. The SMILES string of the molecule is COC(=O)C1COc2c(C3CCN(CC(C)C)CC3)cc(Cl)c(N)c2O1.